The third kappa shape index (κ3) is 5.30. The van der Waals surface area contributed by atoms with Gasteiger partial charge in [-0.2, -0.15) is 0 Å². The molecule has 0 spiro atoms. The predicted molar refractivity (Wildman–Crippen MR) is 165 cm³/mol. The first-order valence-corrected chi connectivity index (χ1v) is 14.2. The summed E-state index contributed by atoms with van der Waals surface area (Å²) in [7, 11) is -0.757. The molecule has 1 saturated heterocycles. The van der Waals surface area contributed by atoms with Crippen molar-refractivity contribution >= 4 is 36.5 Å². The Hall–Kier alpha value is -4.47. The molecule has 0 atom stereocenters. The Morgan fingerprint density at radius 3 is 2.21 bits per heavy atom. The largest absolute Gasteiger partial charge is 0.492 e. The first-order valence-electron chi connectivity index (χ1n) is 14.2. The molecule has 0 bridgehead atoms. The van der Waals surface area contributed by atoms with Gasteiger partial charge in [-0.1, -0.05) is 60.7 Å². The molecule has 3 aromatic carbocycles. The molecule has 1 amide bonds. The lowest BCUT2D eigenvalue weighted by Crippen LogP contribution is -2.41. The van der Waals surface area contributed by atoms with Crippen LogP contribution in [0.1, 0.15) is 60.7 Å². The van der Waals surface area contributed by atoms with Gasteiger partial charge in [-0.3, -0.25) is 9.59 Å². The Morgan fingerprint density at radius 1 is 0.953 bits per heavy atom. The molecule has 1 N–H and O–H groups in total. The maximum Gasteiger partial charge on any atom is 0.492 e. The van der Waals surface area contributed by atoms with Crippen LogP contribution in [0.5, 0.6) is 0 Å². The summed E-state index contributed by atoms with van der Waals surface area (Å²) in [6.45, 7) is 8.07. The Kier molecular flexibility index (Phi) is 7.32. The van der Waals surface area contributed by atoms with Gasteiger partial charge in [0.05, 0.1) is 22.2 Å². The van der Waals surface area contributed by atoms with E-state index < -0.39 is 29.8 Å². The summed E-state index contributed by atoms with van der Waals surface area (Å²) in [5.41, 5.74) is 4.53. The van der Waals surface area contributed by atoms with E-state index in [9.17, 15) is 14.4 Å². The Balaban J connectivity index is 1.23. The molecular formula is C34H32BNO7. The summed E-state index contributed by atoms with van der Waals surface area (Å²) in [5.74, 6) is -0.0585. The fourth-order valence-electron chi connectivity index (χ4n) is 5.57. The zero-order chi connectivity index (χ0) is 30.4. The highest BCUT2D eigenvalue weighted by Gasteiger charge is 2.52. The van der Waals surface area contributed by atoms with E-state index in [4.69, 9.17) is 18.5 Å². The van der Waals surface area contributed by atoms with E-state index in [1.807, 2.05) is 52.0 Å². The standard InChI is InChI=1S/C34H32BNO7/c1-33(2)34(3,4)43-35(42-33)23(15-21-13-14-30-28(16-21)31(38)22(18-37)19-40-30)17-36-32(39)41-20-29-26-11-7-5-9-24(26)25-10-6-8-12-27(25)29/h5-16,18-19,29H,17,20H2,1-4H3,(H,36,39). The summed E-state index contributed by atoms with van der Waals surface area (Å²) < 4.78 is 23.8. The smallest absolute Gasteiger partial charge is 0.463 e. The SMILES string of the molecule is CC1(C)OB(C(=Cc2ccc3occ(C=O)c(=O)c3c2)CNC(=O)OCC2c3ccccc3-c3ccccc32)OC1(C)C. The van der Waals surface area contributed by atoms with Crippen molar-refractivity contribution in [3.8, 4) is 11.1 Å². The van der Waals surface area contributed by atoms with Gasteiger partial charge in [0.15, 0.2) is 6.29 Å². The zero-order valence-electron chi connectivity index (χ0n) is 24.5. The van der Waals surface area contributed by atoms with Crippen LogP contribution in [0.2, 0.25) is 0 Å². The average molecular weight is 577 g/mol. The maximum atomic E-state index is 13.0. The number of alkyl carbamates (subject to hydrolysis) is 1. The second-order valence-electron chi connectivity index (χ2n) is 11.9. The normalized spacial score (nSPS) is 17.0. The molecule has 1 aliphatic heterocycles. The lowest BCUT2D eigenvalue weighted by atomic mass is 9.77. The highest BCUT2D eigenvalue weighted by Crippen LogP contribution is 2.44. The third-order valence-corrected chi connectivity index (χ3v) is 8.64. The fourth-order valence-corrected chi connectivity index (χ4v) is 5.57. The third-order valence-electron chi connectivity index (χ3n) is 8.64. The van der Waals surface area contributed by atoms with Crippen molar-refractivity contribution < 1.29 is 28.1 Å². The van der Waals surface area contributed by atoms with Gasteiger partial charge in [0.25, 0.3) is 0 Å². The van der Waals surface area contributed by atoms with Crippen molar-refractivity contribution in [2.24, 2.45) is 0 Å². The van der Waals surface area contributed by atoms with Gasteiger partial charge in [-0.15, -0.1) is 0 Å². The van der Waals surface area contributed by atoms with Crippen molar-refractivity contribution in [3.63, 3.8) is 0 Å². The number of rotatable bonds is 7. The minimum atomic E-state index is -0.757. The van der Waals surface area contributed by atoms with E-state index in [2.05, 4.69) is 29.6 Å². The van der Waals surface area contributed by atoms with Crippen molar-refractivity contribution in [3.05, 3.63) is 111 Å². The molecule has 1 aromatic heterocycles. The molecule has 4 aromatic rings. The number of aldehydes is 1. The topological polar surface area (TPSA) is 104 Å². The summed E-state index contributed by atoms with van der Waals surface area (Å²) in [4.78, 5) is 37.0. The van der Waals surface area contributed by atoms with Crippen LogP contribution in [0, 0.1) is 0 Å². The average Bonchev–Trinajstić information content (AvgIpc) is 3.43. The van der Waals surface area contributed by atoms with Crippen LogP contribution in [0.25, 0.3) is 28.2 Å². The van der Waals surface area contributed by atoms with E-state index >= 15 is 0 Å². The summed E-state index contributed by atoms with van der Waals surface area (Å²) in [5, 5.41) is 3.13. The van der Waals surface area contributed by atoms with Crippen molar-refractivity contribution in [2.45, 2.75) is 44.8 Å². The van der Waals surface area contributed by atoms with Crippen LogP contribution in [-0.2, 0) is 14.0 Å². The molecule has 218 valence electrons. The highest BCUT2D eigenvalue weighted by molar-refractivity contribution is 6.56. The zero-order valence-corrected chi connectivity index (χ0v) is 24.5. The molecule has 0 radical (unpaired) electrons. The number of hydrogen-bond acceptors (Lipinski definition) is 7. The van der Waals surface area contributed by atoms with Gasteiger partial charge in [0.1, 0.15) is 18.5 Å². The number of hydrogen-bond donors (Lipinski definition) is 1. The molecule has 6 rings (SSSR count). The number of amides is 1. The van der Waals surface area contributed by atoms with Gasteiger partial charge in [0, 0.05) is 12.5 Å². The minimum absolute atomic E-state index is 0.0585. The Morgan fingerprint density at radius 2 is 1.58 bits per heavy atom. The van der Waals surface area contributed by atoms with E-state index in [-0.39, 0.29) is 30.0 Å². The summed E-state index contributed by atoms with van der Waals surface area (Å²) in [6.07, 6.45) is 2.86. The van der Waals surface area contributed by atoms with Crippen LogP contribution in [0.3, 0.4) is 0 Å². The van der Waals surface area contributed by atoms with E-state index in [1.165, 1.54) is 0 Å². The summed E-state index contributed by atoms with van der Waals surface area (Å²) in [6, 6.07) is 21.4. The molecular weight excluding hydrogens is 545 g/mol. The van der Waals surface area contributed by atoms with Crippen LogP contribution < -0.4 is 10.7 Å². The molecule has 0 unspecified atom stereocenters. The van der Waals surface area contributed by atoms with Gasteiger partial charge < -0.3 is 23.8 Å². The number of fused-ring (bicyclic) bond motifs is 4. The summed E-state index contributed by atoms with van der Waals surface area (Å²) >= 11 is 0. The number of ether oxygens (including phenoxy) is 1. The molecule has 8 nitrogen and oxygen atoms in total. The number of carbonyl (C=O) groups is 2. The van der Waals surface area contributed by atoms with Gasteiger partial charge in [-0.05, 0) is 73.1 Å². The number of nitrogens with one attached hydrogen (secondary N) is 1. The first kappa shape index (κ1) is 28.6. The highest BCUT2D eigenvalue weighted by atomic mass is 16.7. The molecule has 9 heteroatoms. The monoisotopic (exact) mass is 577 g/mol. The number of benzene rings is 3. The molecule has 1 fully saturated rings. The minimum Gasteiger partial charge on any atom is -0.463 e. The van der Waals surface area contributed by atoms with Crippen LogP contribution >= 0.6 is 0 Å². The maximum absolute atomic E-state index is 13.0. The van der Waals surface area contributed by atoms with Crippen LogP contribution in [0.15, 0.2) is 87.7 Å². The van der Waals surface area contributed by atoms with Gasteiger partial charge in [0.2, 0.25) is 5.43 Å². The second kappa shape index (κ2) is 11.0. The Labute approximate surface area is 249 Å². The lowest BCUT2D eigenvalue weighted by molar-refractivity contribution is 0.00578. The first-order chi connectivity index (χ1) is 20.6. The Bertz CT molecular complexity index is 1760. The van der Waals surface area contributed by atoms with Gasteiger partial charge >= 0.3 is 13.2 Å². The lowest BCUT2D eigenvalue weighted by Gasteiger charge is -2.32. The molecule has 2 aliphatic rings. The van der Waals surface area contributed by atoms with Crippen LogP contribution in [-0.4, -0.2) is 43.9 Å². The predicted octanol–water partition coefficient (Wildman–Crippen LogP) is 6.16. The molecule has 2 heterocycles. The van der Waals surface area contributed by atoms with Crippen molar-refractivity contribution in [1.82, 2.24) is 5.32 Å². The molecule has 0 saturated carbocycles. The van der Waals surface area contributed by atoms with E-state index in [1.54, 1.807) is 24.3 Å². The quantitative estimate of drug-likeness (QED) is 0.207. The van der Waals surface area contributed by atoms with Gasteiger partial charge in [-0.25, -0.2) is 4.79 Å². The fraction of sp³-hybridized carbons (Fsp3) is 0.265. The van der Waals surface area contributed by atoms with Crippen LogP contribution in [0.4, 0.5) is 4.79 Å². The van der Waals surface area contributed by atoms with E-state index in [0.29, 0.717) is 22.9 Å². The van der Waals surface area contributed by atoms with Crippen molar-refractivity contribution in [2.75, 3.05) is 13.2 Å². The number of carbonyl (C=O) groups excluding carboxylic acids is 2. The second-order valence-corrected chi connectivity index (χ2v) is 11.9. The molecule has 43 heavy (non-hydrogen) atoms. The van der Waals surface area contributed by atoms with E-state index in [0.717, 1.165) is 28.5 Å². The molecule has 1 aliphatic carbocycles. The van der Waals surface area contributed by atoms with Crippen molar-refractivity contribution in [1.29, 1.82) is 0 Å².